The van der Waals surface area contributed by atoms with E-state index in [0.717, 1.165) is 31.5 Å². The number of Topliss-reactive ketones (excluding diaryl/α,β-unsaturated/α-hetero) is 1. The predicted octanol–water partition coefficient (Wildman–Crippen LogP) is 2.49. The fourth-order valence-corrected chi connectivity index (χ4v) is 2.44. The van der Waals surface area contributed by atoms with Gasteiger partial charge in [-0.15, -0.1) is 0 Å². The van der Waals surface area contributed by atoms with Crippen molar-refractivity contribution in [2.24, 2.45) is 5.92 Å². The molecule has 1 aromatic rings. The van der Waals surface area contributed by atoms with E-state index in [-0.39, 0.29) is 5.92 Å². The maximum Gasteiger partial charge on any atom is 0.166 e. The zero-order valence-electron chi connectivity index (χ0n) is 10.0. The number of rotatable bonds is 2. The van der Waals surface area contributed by atoms with Crippen LogP contribution in [0.3, 0.4) is 0 Å². The third-order valence-electron chi connectivity index (χ3n) is 3.22. The van der Waals surface area contributed by atoms with Gasteiger partial charge >= 0.3 is 0 Å². The zero-order chi connectivity index (χ0) is 11.5. The molecule has 1 aromatic carbocycles. The molecule has 0 amide bonds. The summed E-state index contributed by atoms with van der Waals surface area (Å²) in [6, 6.07) is 6.13. The Morgan fingerprint density at radius 2 is 1.69 bits per heavy atom. The summed E-state index contributed by atoms with van der Waals surface area (Å²) < 4.78 is 0. The molecule has 16 heavy (non-hydrogen) atoms. The van der Waals surface area contributed by atoms with Gasteiger partial charge in [0.05, 0.1) is 0 Å². The Bertz CT molecular complexity index is 371. The molecule has 0 unspecified atom stereocenters. The van der Waals surface area contributed by atoms with Crippen LogP contribution in [0.1, 0.15) is 34.3 Å². The normalized spacial score (nSPS) is 17.4. The van der Waals surface area contributed by atoms with E-state index in [2.05, 4.69) is 11.4 Å². The first kappa shape index (κ1) is 11.3. The van der Waals surface area contributed by atoms with E-state index in [9.17, 15) is 4.79 Å². The lowest BCUT2D eigenvalue weighted by molar-refractivity contribution is 0.0895. The van der Waals surface area contributed by atoms with E-state index < -0.39 is 0 Å². The smallest absolute Gasteiger partial charge is 0.166 e. The molecule has 0 spiro atoms. The van der Waals surface area contributed by atoms with Crippen LogP contribution < -0.4 is 5.32 Å². The zero-order valence-corrected chi connectivity index (χ0v) is 10.0. The molecule has 1 fully saturated rings. The first-order chi connectivity index (χ1) is 7.66. The SMILES string of the molecule is Cc1cc(C)cc(C(=O)C2CCNCC2)c1. The van der Waals surface area contributed by atoms with Gasteiger partial charge in [-0.05, 0) is 51.9 Å². The van der Waals surface area contributed by atoms with Crippen LogP contribution in [0.5, 0.6) is 0 Å². The Kier molecular flexibility index (Phi) is 3.39. The minimum absolute atomic E-state index is 0.224. The molecule has 86 valence electrons. The van der Waals surface area contributed by atoms with Crippen molar-refractivity contribution in [1.82, 2.24) is 5.32 Å². The Morgan fingerprint density at radius 3 is 2.25 bits per heavy atom. The Hall–Kier alpha value is -1.15. The molecule has 0 saturated carbocycles. The summed E-state index contributed by atoms with van der Waals surface area (Å²) in [6.07, 6.45) is 1.96. The van der Waals surface area contributed by atoms with Crippen LogP contribution in [0.4, 0.5) is 0 Å². The largest absolute Gasteiger partial charge is 0.317 e. The molecule has 0 atom stereocenters. The van der Waals surface area contributed by atoms with Crippen LogP contribution in [0.25, 0.3) is 0 Å². The minimum atomic E-state index is 0.224. The molecular weight excluding hydrogens is 198 g/mol. The second kappa shape index (κ2) is 4.79. The van der Waals surface area contributed by atoms with Crippen molar-refractivity contribution < 1.29 is 4.79 Å². The highest BCUT2D eigenvalue weighted by Gasteiger charge is 2.22. The van der Waals surface area contributed by atoms with Crippen molar-refractivity contribution in [2.45, 2.75) is 26.7 Å². The number of piperidine rings is 1. The molecule has 1 aliphatic rings. The molecule has 0 aliphatic carbocycles. The summed E-state index contributed by atoms with van der Waals surface area (Å²) in [5, 5.41) is 3.29. The molecule has 2 rings (SSSR count). The summed E-state index contributed by atoms with van der Waals surface area (Å²) in [4.78, 5) is 12.3. The number of hydrogen-bond acceptors (Lipinski definition) is 2. The van der Waals surface area contributed by atoms with Crippen LogP contribution in [0, 0.1) is 19.8 Å². The van der Waals surface area contributed by atoms with E-state index >= 15 is 0 Å². The molecule has 0 bridgehead atoms. The first-order valence-corrected chi connectivity index (χ1v) is 6.00. The van der Waals surface area contributed by atoms with Crippen molar-refractivity contribution in [3.63, 3.8) is 0 Å². The predicted molar refractivity (Wildman–Crippen MR) is 65.8 cm³/mol. The van der Waals surface area contributed by atoms with E-state index in [0.29, 0.717) is 5.78 Å². The Balaban J connectivity index is 2.19. The molecule has 0 radical (unpaired) electrons. The van der Waals surface area contributed by atoms with Crippen molar-refractivity contribution in [1.29, 1.82) is 0 Å². The van der Waals surface area contributed by atoms with E-state index in [1.54, 1.807) is 0 Å². The number of nitrogens with one attached hydrogen (secondary N) is 1. The quantitative estimate of drug-likeness (QED) is 0.771. The summed E-state index contributed by atoms with van der Waals surface area (Å²) in [5.74, 6) is 0.552. The highest BCUT2D eigenvalue weighted by molar-refractivity contribution is 5.98. The number of ketones is 1. The van der Waals surface area contributed by atoms with Gasteiger partial charge in [0.15, 0.2) is 5.78 Å². The Morgan fingerprint density at radius 1 is 1.12 bits per heavy atom. The second-order valence-electron chi connectivity index (χ2n) is 4.76. The van der Waals surface area contributed by atoms with Gasteiger partial charge in [0.2, 0.25) is 0 Å². The molecular formula is C14H19NO. The number of benzene rings is 1. The van der Waals surface area contributed by atoms with Crippen molar-refractivity contribution in [2.75, 3.05) is 13.1 Å². The minimum Gasteiger partial charge on any atom is -0.317 e. The fraction of sp³-hybridized carbons (Fsp3) is 0.500. The Labute approximate surface area is 97.1 Å². The van der Waals surface area contributed by atoms with E-state index in [1.807, 2.05) is 26.0 Å². The number of carbonyl (C=O) groups excluding carboxylic acids is 1. The van der Waals surface area contributed by atoms with Gasteiger partial charge in [-0.3, -0.25) is 4.79 Å². The third kappa shape index (κ3) is 2.50. The maximum atomic E-state index is 12.3. The topological polar surface area (TPSA) is 29.1 Å². The standard InChI is InChI=1S/C14H19NO/c1-10-7-11(2)9-13(8-10)14(16)12-3-5-15-6-4-12/h7-9,12,15H,3-6H2,1-2H3. The average Bonchev–Trinajstić information content (AvgIpc) is 2.28. The van der Waals surface area contributed by atoms with Gasteiger partial charge < -0.3 is 5.32 Å². The first-order valence-electron chi connectivity index (χ1n) is 6.00. The van der Waals surface area contributed by atoms with Gasteiger partial charge in [0.1, 0.15) is 0 Å². The lowest BCUT2D eigenvalue weighted by Gasteiger charge is -2.21. The molecule has 1 saturated heterocycles. The van der Waals surface area contributed by atoms with Crippen LogP contribution in [0.2, 0.25) is 0 Å². The van der Waals surface area contributed by atoms with E-state index in [4.69, 9.17) is 0 Å². The van der Waals surface area contributed by atoms with Gasteiger partial charge in [0, 0.05) is 11.5 Å². The number of aryl methyl sites for hydroxylation is 2. The second-order valence-corrected chi connectivity index (χ2v) is 4.76. The third-order valence-corrected chi connectivity index (χ3v) is 3.22. The van der Waals surface area contributed by atoms with Gasteiger partial charge in [-0.25, -0.2) is 0 Å². The lowest BCUT2D eigenvalue weighted by Crippen LogP contribution is -2.31. The fourth-order valence-electron chi connectivity index (χ4n) is 2.44. The van der Waals surface area contributed by atoms with Gasteiger partial charge in [-0.2, -0.15) is 0 Å². The molecule has 1 N–H and O–H groups in total. The van der Waals surface area contributed by atoms with Crippen LogP contribution >= 0.6 is 0 Å². The molecule has 1 aliphatic heterocycles. The molecule has 2 heteroatoms. The van der Waals surface area contributed by atoms with Gasteiger partial charge in [-0.1, -0.05) is 17.2 Å². The summed E-state index contributed by atoms with van der Waals surface area (Å²) >= 11 is 0. The highest BCUT2D eigenvalue weighted by atomic mass is 16.1. The highest BCUT2D eigenvalue weighted by Crippen LogP contribution is 2.19. The lowest BCUT2D eigenvalue weighted by atomic mass is 9.88. The summed E-state index contributed by atoms with van der Waals surface area (Å²) in [5.41, 5.74) is 3.25. The summed E-state index contributed by atoms with van der Waals surface area (Å²) in [7, 11) is 0. The van der Waals surface area contributed by atoms with Crippen molar-refractivity contribution in [3.8, 4) is 0 Å². The monoisotopic (exact) mass is 217 g/mol. The average molecular weight is 217 g/mol. The van der Waals surface area contributed by atoms with Gasteiger partial charge in [0.25, 0.3) is 0 Å². The van der Waals surface area contributed by atoms with Crippen molar-refractivity contribution >= 4 is 5.78 Å². The molecule has 0 aromatic heterocycles. The van der Waals surface area contributed by atoms with Crippen molar-refractivity contribution in [3.05, 3.63) is 34.9 Å². The molecule has 2 nitrogen and oxygen atoms in total. The summed E-state index contributed by atoms with van der Waals surface area (Å²) in [6.45, 7) is 6.04. The maximum absolute atomic E-state index is 12.3. The van der Waals surface area contributed by atoms with Crippen LogP contribution in [0.15, 0.2) is 18.2 Å². The van der Waals surface area contributed by atoms with Crippen LogP contribution in [-0.4, -0.2) is 18.9 Å². The van der Waals surface area contributed by atoms with E-state index in [1.165, 1.54) is 11.1 Å². The van der Waals surface area contributed by atoms with Crippen LogP contribution in [-0.2, 0) is 0 Å². The number of hydrogen-bond donors (Lipinski definition) is 1. The molecule has 1 heterocycles. The number of carbonyl (C=O) groups is 1.